The molecule has 1 N–H and O–H groups in total. The molecule has 3 aromatic heterocycles. The summed E-state index contributed by atoms with van der Waals surface area (Å²) >= 11 is 1.89. The number of ether oxygens (including phenoxy) is 1. The number of pyridine rings is 1. The summed E-state index contributed by atoms with van der Waals surface area (Å²) in [6.07, 6.45) is 10.1. The topological polar surface area (TPSA) is 79.5 Å². The molecule has 2 unspecified atom stereocenters. The van der Waals surface area contributed by atoms with Gasteiger partial charge in [-0.25, -0.2) is 0 Å². The number of aromatic nitrogens is 4. The Balaban J connectivity index is 1.22. The summed E-state index contributed by atoms with van der Waals surface area (Å²) in [5.74, 6) is 0.578. The van der Waals surface area contributed by atoms with Crippen LogP contribution in [0, 0.1) is 0 Å². The fourth-order valence-electron chi connectivity index (χ4n) is 5.83. The highest BCUT2D eigenvalue weighted by atomic mass is 32.1. The first-order valence-electron chi connectivity index (χ1n) is 13.7. The normalized spacial score (nSPS) is 22.4. The third-order valence-corrected chi connectivity index (χ3v) is 9.26. The number of likely N-dealkylation sites (tertiary alicyclic amines) is 1. The zero-order valence-corrected chi connectivity index (χ0v) is 22.9. The predicted molar refractivity (Wildman–Crippen MR) is 146 cm³/mol. The van der Waals surface area contributed by atoms with Crippen LogP contribution in [0.3, 0.4) is 0 Å². The number of aryl methyl sites for hydroxylation is 1. The lowest BCUT2D eigenvalue weighted by atomic mass is 9.85. The van der Waals surface area contributed by atoms with Gasteiger partial charge in [0.25, 0.3) is 0 Å². The Bertz CT molecular complexity index is 1110. The highest BCUT2D eigenvalue weighted by molar-refractivity contribution is 7.12. The van der Waals surface area contributed by atoms with Gasteiger partial charge in [-0.3, -0.25) is 19.5 Å². The molecule has 0 spiro atoms. The molecule has 2 fully saturated rings. The minimum absolute atomic E-state index is 0.202. The lowest BCUT2D eigenvalue weighted by molar-refractivity contribution is 0.0114. The molecule has 200 valence electrons. The van der Waals surface area contributed by atoms with Crippen molar-refractivity contribution < 1.29 is 9.84 Å². The Kier molecular flexibility index (Phi) is 8.99. The van der Waals surface area contributed by atoms with Crippen LogP contribution in [-0.4, -0.2) is 80.4 Å². The van der Waals surface area contributed by atoms with Crippen LogP contribution in [-0.2, 0) is 30.7 Å². The third-order valence-electron chi connectivity index (χ3n) is 7.90. The van der Waals surface area contributed by atoms with Gasteiger partial charge >= 0.3 is 0 Å². The van der Waals surface area contributed by atoms with Crippen molar-refractivity contribution in [1.29, 1.82) is 0 Å². The molecule has 3 atom stereocenters. The maximum absolute atomic E-state index is 9.55. The van der Waals surface area contributed by atoms with Crippen LogP contribution in [0.4, 0.5) is 0 Å². The van der Waals surface area contributed by atoms with Crippen LogP contribution < -0.4 is 0 Å². The lowest BCUT2D eigenvalue weighted by Gasteiger charge is -2.37. The number of nitrogens with zero attached hydrogens (tertiary/aromatic N) is 6. The molecule has 0 amide bonds. The smallest absolute Gasteiger partial charge is 0.0967 e. The summed E-state index contributed by atoms with van der Waals surface area (Å²) in [7, 11) is 0. The van der Waals surface area contributed by atoms with Crippen LogP contribution in [0.1, 0.15) is 65.2 Å². The van der Waals surface area contributed by atoms with Gasteiger partial charge in [0.05, 0.1) is 31.5 Å². The fraction of sp³-hybridized carbons (Fsp3) is 0.607. The molecule has 0 aromatic carbocycles. The number of aliphatic hydroxyl groups is 1. The van der Waals surface area contributed by atoms with Crippen molar-refractivity contribution in [3.8, 4) is 0 Å². The standard InChI is InChI=1S/C28H40N6O2S/c1-3-25-16-26(28(37-25)7-12-35)22-6-9-33(21(2)15-22)18-24-19-34(31-30-24)20-27(23-5-4-8-29-17-23)32-10-13-36-14-11-32/h4-5,8,16-17,19,21-22,27,35H,3,6-7,9-15,18,20H2,1-2H3/t21-,22?,27?/m0/s1. The predicted octanol–water partition coefficient (Wildman–Crippen LogP) is 3.67. The van der Waals surface area contributed by atoms with E-state index in [1.807, 2.05) is 34.5 Å². The molecule has 0 aliphatic carbocycles. The molecule has 5 heterocycles. The zero-order chi connectivity index (χ0) is 25.6. The van der Waals surface area contributed by atoms with Crippen molar-refractivity contribution in [2.24, 2.45) is 0 Å². The van der Waals surface area contributed by atoms with E-state index in [9.17, 15) is 5.11 Å². The molecule has 2 saturated heterocycles. The molecule has 37 heavy (non-hydrogen) atoms. The SMILES string of the molecule is CCc1cc(C2CCN(Cc3cn(CC(c4cccnc4)N4CCOCC4)nn3)[C@@H](C)C2)c(CCO)s1. The van der Waals surface area contributed by atoms with Crippen molar-refractivity contribution in [3.05, 3.63) is 63.4 Å². The van der Waals surface area contributed by atoms with Gasteiger partial charge in [-0.2, -0.15) is 0 Å². The average molecular weight is 525 g/mol. The zero-order valence-electron chi connectivity index (χ0n) is 22.1. The third kappa shape index (κ3) is 6.46. The summed E-state index contributed by atoms with van der Waals surface area (Å²) in [5, 5.41) is 18.6. The molecule has 0 saturated carbocycles. The number of morpholine rings is 1. The largest absolute Gasteiger partial charge is 0.396 e. The van der Waals surface area contributed by atoms with Crippen molar-refractivity contribution in [3.63, 3.8) is 0 Å². The van der Waals surface area contributed by atoms with E-state index in [1.54, 1.807) is 0 Å². The van der Waals surface area contributed by atoms with E-state index in [4.69, 9.17) is 4.74 Å². The van der Waals surface area contributed by atoms with Gasteiger partial charge in [-0.05, 0) is 61.9 Å². The van der Waals surface area contributed by atoms with Gasteiger partial charge in [0, 0.05) is 67.0 Å². The van der Waals surface area contributed by atoms with Crippen molar-refractivity contribution >= 4 is 11.3 Å². The van der Waals surface area contributed by atoms with E-state index in [1.165, 1.54) is 20.9 Å². The summed E-state index contributed by atoms with van der Waals surface area (Å²) < 4.78 is 7.59. The molecule has 9 heteroatoms. The Labute approximate surface area is 224 Å². The van der Waals surface area contributed by atoms with E-state index >= 15 is 0 Å². The number of rotatable bonds is 10. The summed E-state index contributed by atoms with van der Waals surface area (Å²) in [6.45, 7) is 10.8. The van der Waals surface area contributed by atoms with Gasteiger partial charge in [-0.15, -0.1) is 16.4 Å². The van der Waals surface area contributed by atoms with Gasteiger partial charge < -0.3 is 9.84 Å². The molecule has 5 rings (SSSR count). The summed E-state index contributed by atoms with van der Waals surface area (Å²) in [5.41, 5.74) is 3.72. The molecule has 0 bridgehead atoms. The van der Waals surface area contributed by atoms with Gasteiger partial charge in [-0.1, -0.05) is 18.2 Å². The molecule has 3 aromatic rings. The van der Waals surface area contributed by atoms with E-state index in [0.717, 1.165) is 77.3 Å². The van der Waals surface area contributed by atoms with E-state index < -0.39 is 0 Å². The first-order chi connectivity index (χ1) is 18.1. The fourth-order valence-corrected chi connectivity index (χ4v) is 7.02. The first kappa shape index (κ1) is 26.4. The number of piperidine rings is 1. The molecular formula is C28H40N6O2S. The van der Waals surface area contributed by atoms with E-state index in [2.05, 4.69) is 57.3 Å². The average Bonchev–Trinajstić information content (AvgIpc) is 3.56. The second-order valence-electron chi connectivity index (χ2n) is 10.3. The second-order valence-corrected chi connectivity index (χ2v) is 11.6. The van der Waals surface area contributed by atoms with Crippen molar-refractivity contribution in [2.45, 2.75) is 70.6 Å². The Morgan fingerprint density at radius 1 is 1.24 bits per heavy atom. The highest BCUT2D eigenvalue weighted by Gasteiger charge is 2.29. The molecular weight excluding hydrogens is 484 g/mol. The number of aliphatic hydroxyl groups excluding tert-OH is 1. The van der Waals surface area contributed by atoms with Gasteiger partial charge in [0.1, 0.15) is 0 Å². The van der Waals surface area contributed by atoms with Crippen LogP contribution in [0.25, 0.3) is 0 Å². The van der Waals surface area contributed by atoms with Crippen LogP contribution >= 0.6 is 11.3 Å². The Morgan fingerprint density at radius 2 is 2.11 bits per heavy atom. The summed E-state index contributed by atoms with van der Waals surface area (Å²) in [4.78, 5) is 12.2. The van der Waals surface area contributed by atoms with Crippen molar-refractivity contribution in [2.75, 3.05) is 39.5 Å². The number of hydrogen-bond donors (Lipinski definition) is 1. The maximum Gasteiger partial charge on any atom is 0.0967 e. The quantitative estimate of drug-likeness (QED) is 0.433. The lowest BCUT2D eigenvalue weighted by Crippen LogP contribution is -2.40. The Morgan fingerprint density at radius 3 is 2.84 bits per heavy atom. The van der Waals surface area contributed by atoms with Gasteiger partial charge in [0.15, 0.2) is 0 Å². The van der Waals surface area contributed by atoms with Crippen molar-refractivity contribution in [1.82, 2.24) is 29.8 Å². The minimum Gasteiger partial charge on any atom is -0.396 e. The van der Waals surface area contributed by atoms with E-state index in [0.29, 0.717) is 12.0 Å². The first-order valence-corrected chi connectivity index (χ1v) is 14.5. The monoisotopic (exact) mass is 524 g/mol. The second kappa shape index (κ2) is 12.6. The van der Waals surface area contributed by atoms with Crippen LogP contribution in [0.5, 0.6) is 0 Å². The maximum atomic E-state index is 9.55. The molecule has 8 nitrogen and oxygen atoms in total. The van der Waals surface area contributed by atoms with Gasteiger partial charge in [0.2, 0.25) is 0 Å². The van der Waals surface area contributed by atoms with Crippen LogP contribution in [0.2, 0.25) is 0 Å². The summed E-state index contributed by atoms with van der Waals surface area (Å²) in [6, 6.07) is 7.24. The molecule has 2 aliphatic heterocycles. The molecule has 2 aliphatic rings. The number of thiophene rings is 1. The molecule has 0 radical (unpaired) electrons. The van der Waals surface area contributed by atoms with Crippen LogP contribution in [0.15, 0.2) is 36.8 Å². The van der Waals surface area contributed by atoms with E-state index in [-0.39, 0.29) is 12.6 Å². The minimum atomic E-state index is 0.202. The highest BCUT2D eigenvalue weighted by Crippen LogP contribution is 2.38. The Hall–Kier alpha value is -2.17. The number of hydrogen-bond acceptors (Lipinski definition) is 8.